The second-order valence-corrected chi connectivity index (χ2v) is 5.06. The topological polar surface area (TPSA) is 78.5 Å². The maximum Gasteiger partial charge on any atom is 0.240 e. The average Bonchev–Trinajstić information content (AvgIpc) is 2.34. The van der Waals surface area contributed by atoms with Gasteiger partial charge in [0.2, 0.25) is 17.7 Å². The number of rotatable bonds is 5. The van der Waals surface area contributed by atoms with Crippen molar-refractivity contribution in [3.05, 3.63) is 24.3 Å². The molecule has 0 spiro atoms. The first-order valence-electron chi connectivity index (χ1n) is 6.74. The van der Waals surface area contributed by atoms with Crippen molar-refractivity contribution >= 4 is 29.1 Å². The van der Waals surface area contributed by atoms with Crippen LogP contribution < -0.4 is 15.5 Å². The van der Waals surface area contributed by atoms with Crippen molar-refractivity contribution in [3.63, 3.8) is 0 Å². The highest BCUT2D eigenvalue weighted by Crippen LogP contribution is 2.19. The lowest BCUT2D eigenvalue weighted by Crippen LogP contribution is -2.42. The lowest BCUT2D eigenvalue weighted by atomic mass is 10.2. The highest BCUT2D eigenvalue weighted by atomic mass is 16.2. The molecule has 6 heteroatoms. The monoisotopic (exact) mass is 291 g/mol. The zero-order valence-electron chi connectivity index (χ0n) is 12.8. The summed E-state index contributed by atoms with van der Waals surface area (Å²) in [6.45, 7) is 6.46. The molecule has 0 saturated heterocycles. The van der Waals surface area contributed by atoms with Crippen LogP contribution in [-0.4, -0.2) is 30.3 Å². The van der Waals surface area contributed by atoms with E-state index in [1.165, 1.54) is 18.7 Å². The molecule has 114 valence electrons. The first-order chi connectivity index (χ1) is 9.79. The first-order valence-corrected chi connectivity index (χ1v) is 6.74. The van der Waals surface area contributed by atoms with E-state index in [1.54, 1.807) is 24.3 Å². The first kappa shape index (κ1) is 16.7. The second-order valence-electron chi connectivity index (χ2n) is 5.06. The average molecular weight is 291 g/mol. The van der Waals surface area contributed by atoms with Crippen molar-refractivity contribution in [3.8, 4) is 0 Å². The molecule has 0 aliphatic heterocycles. The van der Waals surface area contributed by atoms with Gasteiger partial charge in [0, 0.05) is 31.3 Å². The van der Waals surface area contributed by atoms with E-state index in [4.69, 9.17) is 0 Å². The van der Waals surface area contributed by atoms with Crippen molar-refractivity contribution in [1.29, 1.82) is 0 Å². The molecule has 3 amide bonds. The Hall–Kier alpha value is -2.37. The third-order valence-electron chi connectivity index (χ3n) is 2.61. The number of anilines is 2. The van der Waals surface area contributed by atoms with Gasteiger partial charge in [-0.15, -0.1) is 0 Å². The molecule has 0 saturated carbocycles. The normalized spacial score (nSPS) is 10.1. The van der Waals surface area contributed by atoms with E-state index < -0.39 is 0 Å². The predicted octanol–water partition coefficient (Wildman–Crippen LogP) is 1.52. The number of benzene rings is 1. The fourth-order valence-corrected chi connectivity index (χ4v) is 1.85. The molecule has 0 fully saturated rings. The van der Waals surface area contributed by atoms with Crippen molar-refractivity contribution in [2.75, 3.05) is 16.8 Å². The summed E-state index contributed by atoms with van der Waals surface area (Å²) in [7, 11) is 0. The largest absolute Gasteiger partial charge is 0.352 e. The van der Waals surface area contributed by atoms with Crippen molar-refractivity contribution < 1.29 is 14.4 Å². The number of amides is 3. The number of nitrogens with one attached hydrogen (secondary N) is 2. The predicted molar refractivity (Wildman–Crippen MR) is 82.1 cm³/mol. The number of nitrogens with zero attached hydrogens (tertiary/aromatic N) is 1. The van der Waals surface area contributed by atoms with Gasteiger partial charge in [-0.3, -0.25) is 14.4 Å². The molecule has 0 atom stereocenters. The van der Waals surface area contributed by atoms with Crippen LogP contribution in [0.4, 0.5) is 11.4 Å². The lowest BCUT2D eigenvalue weighted by Gasteiger charge is -2.22. The summed E-state index contributed by atoms with van der Waals surface area (Å²) < 4.78 is 0. The van der Waals surface area contributed by atoms with Gasteiger partial charge >= 0.3 is 0 Å². The van der Waals surface area contributed by atoms with Crippen molar-refractivity contribution in [1.82, 2.24) is 5.32 Å². The number of carbonyl (C=O) groups excluding carboxylic acids is 3. The molecule has 0 aromatic heterocycles. The van der Waals surface area contributed by atoms with Crippen molar-refractivity contribution in [2.24, 2.45) is 0 Å². The quantitative estimate of drug-likeness (QED) is 0.863. The molecule has 0 radical (unpaired) electrons. The Labute approximate surface area is 124 Å². The number of hydrogen-bond acceptors (Lipinski definition) is 3. The van der Waals surface area contributed by atoms with Crippen LogP contribution in [-0.2, 0) is 14.4 Å². The molecule has 1 aromatic carbocycles. The summed E-state index contributed by atoms with van der Waals surface area (Å²) in [5.41, 5.74) is 1.14. The molecular weight excluding hydrogens is 270 g/mol. The smallest absolute Gasteiger partial charge is 0.240 e. The maximum atomic E-state index is 11.8. The molecular formula is C15H21N3O3. The maximum absolute atomic E-state index is 11.8. The third-order valence-corrected chi connectivity index (χ3v) is 2.61. The van der Waals surface area contributed by atoms with Crippen LogP contribution in [0.3, 0.4) is 0 Å². The van der Waals surface area contributed by atoms with Gasteiger partial charge in [-0.05, 0) is 32.0 Å². The third kappa shape index (κ3) is 5.64. The van der Waals surface area contributed by atoms with Crippen molar-refractivity contribution in [2.45, 2.75) is 33.7 Å². The van der Waals surface area contributed by atoms with Crippen LogP contribution in [0.15, 0.2) is 24.3 Å². The fraction of sp³-hybridized carbons (Fsp3) is 0.400. The molecule has 1 aromatic rings. The van der Waals surface area contributed by atoms with Gasteiger partial charge in [0.1, 0.15) is 6.54 Å². The Morgan fingerprint density at radius 3 is 2.38 bits per heavy atom. The van der Waals surface area contributed by atoms with Crippen LogP contribution >= 0.6 is 0 Å². The lowest BCUT2D eigenvalue weighted by molar-refractivity contribution is -0.123. The molecule has 0 aliphatic carbocycles. The van der Waals surface area contributed by atoms with E-state index in [0.29, 0.717) is 11.4 Å². The van der Waals surface area contributed by atoms with Gasteiger partial charge < -0.3 is 15.5 Å². The van der Waals surface area contributed by atoms with Gasteiger partial charge in [0.25, 0.3) is 0 Å². The Bertz CT molecular complexity index is 541. The minimum Gasteiger partial charge on any atom is -0.352 e. The van der Waals surface area contributed by atoms with Gasteiger partial charge in [-0.1, -0.05) is 6.07 Å². The number of carbonyl (C=O) groups is 3. The van der Waals surface area contributed by atoms with Gasteiger partial charge in [-0.25, -0.2) is 0 Å². The van der Waals surface area contributed by atoms with Crippen LogP contribution in [0.25, 0.3) is 0 Å². The molecule has 21 heavy (non-hydrogen) atoms. The van der Waals surface area contributed by atoms with E-state index >= 15 is 0 Å². The Morgan fingerprint density at radius 1 is 1.19 bits per heavy atom. The van der Waals surface area contributed by atoms with E-state index in [9.17, 15) is 14.4 Å². The number of hydrogen-bond donors (Lipinski definition) is 2. The summed E-state index contributed by atoms with van der Waals surface area (Å²) in [5.74, 6) is -0.668. The van der Waals surface area contributed by atoms with Crippen LogP contribution in [0, 0.1) is 0 Å². The Kier molecular flexibility index (Phi) is 5.90. The highest BCUT2D eigenvalue weighted by Gasteiger charge is 2.16. The summed E-state index contributed by atoms with van der Waals surface area (Å²) >= 11 is 0. The minimum atomic E-state index is -0.242. The molecule has 0 aliphatic rings. The fourth-order valence-electron chi connectivity index (χ4n) is 1.85. The Morgan fingerprint density at radius 2 is 1.86 bits per heavy atom. The highest BCUT2D eigenvalue weighted by molar-refractivity contribution is 5.98. The SMILES string of the molecule is CC(=O)Nc1cccc(N(CC(=O)NC(C)C)C(C)=O)c1. The van der Waals surface area contributed by atoms with Crippen LogP contribution in [0.1, 0.15) is 27.7 Å². The molecule has 0 bridgehead atoms. The summed E-state index contributed by atoms with van der Waals surface area (Å²) in [6, 6.07) is 6.83. The minimum absolute atomic E-state index is 0.0111. The molecule has 0 unspecified atom stereocenters. The zero-order valence-corrected chi connectivity index (χ0v) is 12.8. The summed E-state index contributed by atoms with van der Waals surface area (Å²) in [6.07, 6.45) is 0. The van der Waals surface area contributed by atoms with E-state index in [0.717, 1.165) is 0 Å². The second kappa shape index (κ2) is 7.42. The van der Waals surface area contributed by atoms with E-state index in [-0.39, 0.29) is 30.3 Å². The van der Waals surface area contributed by atoms with E-state index in [2.05, 4.69) is 10.6 Å². The molecule has 0 heterocycles. The van der Waals surface area contributed by atoms with Crippen LogP contribution in [0.5, 0.6) is 0 Å². The molecule has 1 rings (SSSR count). The molecule has 2 N–H and O–H groups in total. The van der Waals surface area contributed by atoms with Gasteiger partial charge in [0.15, 0.2) is 0 Å². The molecule has 6 nitrogen and oxygen atoms in total. The van der Waals surface area contributed by atoms with Crippen LogP contribution in [0.2, 0.25) is 0 Å². The summed E-state index contributed by atoms with van der Waals surface area (Å²) in [5, 5.41) is 5.39. The zero-order chi connectivity index (χ0) is 16.0. The Balaban J connectivity index is 2.93. The standard InChI is InChI=1S/C15H21N3O3/c1-10(2)16-15(21)9-18(12(4)20)14-7-5-6-13(8-14)17-11(3)19/h5-8,10H,9H2,1-4H3,(H,16,21)(H,17,19). The van der Waals surface area contributed by atoms with Gasteiger partial charge in [-0.2, -0.15) is 0 Å². The summed E-state index contributed by atoms with van der Waals surface area (Å²) in [4.78, 5) is 36.0. The van der Waals surface area contributed by atoms with Gasteiger partial charge in [0.05, 0.1) is 0 Å². The van der Waals surface area contributed by atoms with E-state index in [1.807, 2.05) is 13.8 Å².